The number of primary amides is 1. The fraction of sp³-hybridized carbons (Fsp3) is 0.474. The monoisotopic (exact) mass is 376 g/mol. The summed E-state index contributed by atoms with van der Waals surface area (Å²) in [6, 6.07) is 1.84. The topological polar surface area (TPSA) is 73.4 Å². The zero-order chi connectivity index (χ0) is 18.8. The number of halogens is 1. The first-order valence-electron chi connectivity index (χ1n) is 8.86. The summed E-state index contributed by atoms with van der Waals surface area (Å²) in [5, 5.41) is 0.467. The molecular formula is C19H25ClN4O2. The first kappa shape index (κ1) is 18.7. The van der Waals surface area contributed by atoms with E-state index in [0.29, 0.717) is 16.3 Å². The number of nitrogens with zero attached hydrogens (tertiary/aromatic N) is 3. The molecule has 26 heavy (non-hydrogen) atoms. The third-order valence-electron chi connectivity index (χ3n) is 5.00. The van der Waals surface area contributed by atoms with Gasteiger partial charge in [0, 0.05) is 19.1 Å². The highest BCUT2D eigenvalue weighted by atomic mass is 35.5. The molecule has 0 bridgehead atoms. The van der Waals surface area contributed by atoms with Crippen molar-refractivity contribution in [3.05, 3.63) is 35.1 Å². The highest BCUT2D eigenvalue weighted by Gasteiger charge is 2.27. The minimum absolute atomic E-state index is 0.254. The number of rotatable bonds is 5. The Balaban J connectivity index is 2.16. The molecule has 1 aromatic heterocycles. The molecule has 0 radical (unpaired) electrons. The van der Waals surface area contributed by atoms with Crippen LogP contribution in [0.5, 0.6) is 5.75 Å². The molecule has 1 amide bonds. The number of nitrogens with two attached hydrogens (primary N) is 1. The number of aromatic nitrogens is 2. The Kier molecular flexibility index (Phi) is 5.53. The largest absolute Gasteiger partial charge is 0.494 e. The molecule has 2 N–H and O–H groups in total. The van der Waals surface area contributed by atoms with E-state index >= 15 is 0 Å². The maximum absolute atomic E-state index is 11.8. The number of hydrogen-bond acceptors (Lipinski definition) is 4. The molecule has 1 fully saturated rings. The number of hydrogen-bond donors (Lipinski definition) is 1. The van der Waals surface area contributed by atoms with Crippen molar-refractivity contribution in [2.45, 2.75) is 32.2 Å². The Morgan fingerprint density at radius 2 is 2.31 bits per heavy atom. The van der Waals surface area contributed by atoms with Gasteiger partial charge in [-0.15, -0.1) is 6.58 Å². The zero-order valence-electron chi connectivity index (χ0n) is 15.3. The van der Waals surface area contributed by atoms with Crippen LogP contribution in [-0.2, 0) is 0 Å². The van der Waals surface area contributed by atoms with E-state index in [-0.39, 0.29) is 11.6 Å². The van der Waals surface area contributed by atoms with Gasteiger partial charge in [0.2, 0.25) is 0 Å². The van der Waals surface area contributed by atoms with Crippen molar-refractivity contribution in [1.29, 1.82) is 0 Å². The van der Waals surface area contributed by atoms with E-state index < -0.39 is 5.91 Å². The predicted octanol–water partition coefficient (Wildman–Crippen LogP) is 3.32. The summed E-state index contributed by atoms with van der Waals surface area (Å²) in [5.41, 5.74) is 7.13. The first-order chi connectivity index (χ1) is 12.5. The second-order valence-electron chi connectivity index (χ2n) is 6.73. The molecule has 1 aromatic carbocycles. The maximum atomic E-state index is 11.8. The number of aryl methyl sites for hydroxylation is 1. The molecule has 140 valence electrons. The van der Waals surface area contributed by atoms with Crippen LogP contribution in [0, 0.1) is 6.92 Å². The van der Waals surface area contributed by atoms with Gasteiger partial charge in [-0.25, -0.2) is 4.98 Å². The van der Waals surface area contributed by atoms with Gasteiger partial charge >= 0.3 is 0 Å². The molecule has 1 aliphatic rings. The SMILES string of the molecule is C=CCN1CCCCC(n2c(C)nc3c(OC)c(C(N)=O)cc(Cl)c32)C1. The highest BCUT2D eigenvalue weighted by Crippen LogP contribution is 2.38. The third-order valence-corrected chi connectivity index (χ3v) is 5.29. The Morgan fingerprint density at radius 3 is 2.96 bits per heavy atom. The standard InChI is InChI=1S/C19H25ClN4O2/c1-4-8-23-9-6-5-7-13(11-23)24-12(2)22-16-17(24)15(20)10-14(19(21)25)18(16)26-3/h4,10,13H,1,5-9,11H2,2-3H3,(H2,21,25). The summed E-state index contributed by atoms with van der Waals surface area (Å²) in [4.78, 5) is 18.8. The lowest BCUT2D eigenvalue weighted by Gasteiger charge is -2.25. The van der Waals surface area contributed by atoms with Crippen LogP contribution in [0.1, 0.15) is 41.5 Å². The molecule has 2 heterocycles. The van der Waals surface area contributed by atoms with Crippen molar-refractivity contribution in [1.82, 2.24) is 14.5 Å². The molecule has 1 aliphatic heterocycles. The van der Waals surface area contributed by atoms with E-state index in [0.717, 1.165) is 43.8 Å². The number of carbonyl (C=O) groups is 1. The Bertz CT molecular complexity index is 846. The maximum Gasteiger partial charge on any atom is 0.252 e. The van der Waals surface area contributed by atoms with Gasteiger partial charge in [0.15, 0.2) is 5.75 Å². The van der Waals surface area contributed by atoms with Crippen LogP contribution < -0.4 is 10.5 Å². The summed E-state index contributed by atoms with van der Waals surface area (Å²) in [5.74, 6) is 0.659. The Hall–Kier alpha value is -2.05. The molecule has 1 unspecified atom stereocenters. The Labute approximate surface area is 158 Å². The number of ether oxygens (including phenoxy) is 1. The fourth-order valence-electron chi connectivity index (χ4n) is 3.91. The van der Waals surface area contributed by atoms with Crippen molar-refractivity contribution in [3.63, 3.8) is 0 Å². The lowest BCUT2D eigenvalue weighted by Crippen LogP contribution is -2.30. The van der Waals surface area contributed by atoms with Gasteiger partial charge in [0.25, 0.3) is 5.91 Å². The highest BCUT2D eigenvalue weighted by molar-refractivity contribution is 6.36. The average Bonchev–Trinajstić information content (AvgIpc) is 2.78. The number of methoxy groups -OCH3 is 1. The average molecular weight is 377 g/mol. The van der Waals surface area contributed by atoms with Crippen LogP contribution in [0.3, 0.4) is 0 Å². The number of fused-ring (bicyclic) bond motifs is 1. The zero-order valence-corrected chi connectivity index (χ0v) is 16.1. The molecule has 0 spiro atoms. The first-order valence-corrected chi connectivity index (χ1v) is 9.23. The van der Waals surface area contributed by atoms with E-state index in [4.69, 9.17) is 22.1 Å². The smallest absolute Gasteiger partial charge is 0.252 e. The fourth-order valence-corrected chi connectivity index (χ4v) is 4.20. The van der Waals surface area contributed by atoms with Gasteiger partial charge in [0.05, 0.1) is 23.2 Å². The number of amides is 1. The lowest BCUT2D eigenvalue weighted by molar-refractivity contribution is 0.0997. The number of carbonyl (C=O) groups excluding carboxylic acids is 1. The summed E-state index contributed by atoms with van der Waals surface area (Å²) >= 11 is 6.56. The minimum atomic E-state index is -0.579. The number of benzene rings is 1. The second-order valence-corrected chi connectivity index (χ2v) is 7.13. The molecule has 7 heteroatoms. The molecule has 1 atom stereocenters. The summed E-state index contributed by atoms with van der Waals surface area (Å²) in [6.45, 7) is 8.67. The van der Waals surface area contributed by atoms with Gasteiger partial charge < -0.3 is 15.0 Å². The molecule has 3 rings (SSSR count). The molecule has 0 saturated carbocycles. The van der Waals surface area contributed by atoms with Crippen molar-refractivity contribution >= 4 is 28.5 Å². The van der Waals surface area contributed by atoms with E-state index in [9.17, 15) is 4.79 Å². The van der Waals surface area contributed by atoms with Crippen molar-refractivity contribution in [2.75, 3.05) is 26.7 Å². The summed E-state index contributed by atoms with van der Waals surface area (Å²) in [7, 11) is 1.51. The van der Waals surface area contributed by atoms with Gasteiger partial charge in [-0.05, 0) is 32.4 Å². The van der Waals surface area contributed by atoms with Crippen molar-refractivity contribution < 1.29 is 9.53 Å². The van der Waals surface area contributed by atoms with Crippen LogP contribution in [0.2, 0.25) is 5.02 Å². The second kappa shape index (κ2) is 7.68. The van der Waals surface area contributed by atoms with Crippen molar-refractivity contribution in [2.24, 2.45) is 5.73 Å². The predicted molar refractivity (Wildman–Crippen MR) is 104 cm³/mol. The molecular weight excluding hydrogens is 352 g/mol. The van der Waals surface area contributed by atoms with Gasteiger partial charge in [-0.1, -0.05) is 24.1 Å². The molecule has 6 nitrogen and oxygen atoms in total. The molecule has 2 aromatic rings. The van der Waals surface area contributed by atoms with Crippen molar-refractivity contribution in [3.8, 4) is 5.75 Å². The van der Waals surface area contributed by atoms with Crippen LogP contribution in [0.25, 0.3) is 11.0 Å². The van der Waals surface area contributed by atoms with Crippen LogP contribution >= 0.6 is 11.6 Å². The van der Waals surface area contributed by atoms with E-state index in [1.54, 1.807) is 6.07 Å². The van der Waals surface area contributed by atoms with Gasteiger partial charge in [-0.3, -0.25) is 9.69 Å². The van der Waals surface area contributed by atoms with Crippen LogP contribution in [-0.4, -0.2) is 47.1 Å². The quantitative estimate of drug-likeness (QED) is 0.812. The van der Waals surface area contributed by atoms with Crippen LogP contribution in [0.15, 0.2) is 18.7 Å². The normalized spacial score (nSPS) is 18.7. The van der Waals surface area contributed by atoms with E-state index in [2.05, 4.69) is 21.0 Å². The van der Waals surface area contributed by atoms with Gasteiger partial charge in [0.1, 0.15) is 11.3 Å². The van der Waals surface area contributed by atoms with E-state index in [1.807, 2.05) is 13.0 Å². The number of likely N-dealkylation sites (tertiary alicyclic amines) is 1. The summed E-state index contributed by atoms with van der Waals surface area (Å²) < 4.78 is 7.64. The lowest BCUT2D eigenvalue weighted by atomic mass is 10.1. The van der Waals surface area contributed by atoms with Crippen LogP contribution in [0.4, 0.5) is 0 Å². The minimum Gasteiger partial charge on any atom is -0.494 e. The third kappa shape index (κ3) is 3.31. The molecule has 1 saturated heterocycles. The molecule has 0 aliphatic carbocycles. The van der Waals surface area contributed by atoms with E-state index in [1.165, 1.54) is 13.5 Å². The summed E-state index contributed by atoms with van der Waals surface area (Å²) in [6.07, 6.45) is 5.30. The van der Waals surface area contributed by atoms with Gasteiger partial charge in [-0.2, -0.15) is 0 Å². The Morgan fingerprint density at radius 1 is 1.54 bits per heavy atom. The number of imidazole rings is 1.